The van der Waals surface area contributed by atoms with Crippen molar-refractivity contribution in [2.45, 2.75) is 24.0 Å². The molecule has 2 amide bonds. The highest BCUT2D eigenvalue weighted by molar-refractivity contribution is 8.00. The molecule has 21 heavy (non-hydrogen) atoms. The fourth-order valence-electron chi connectivity index (χ4n) is 1.96. The van der Waals surface area contributed by atoms with Crippen LogP contribution in [0.4, 0.5) is 5.69 Å². The molecule has 1 aliphatic heterocycles. The molecular weight excluding hydrogens is 286 g/mol. The first-order valence-electron chi connectivity index (χ1n) is 7.07. The normalized spacial score (nSPS) is 15.9. The van der Waals surface area contributed by atoms with E-state index < -0.39 is 0 Å². The van der Waals surface area contributed by atoms with Crippen molar-refractivity contribution in [3.63, 3.8) is 0 Å². The van der Waals surface area contributed by atoms with E-state index in [1.54, 1.807) is 0 Å². The quantitative estimate of drug-likeness (QED) is 0.696. The molecular formula is C15H21N3O2S. The zero-order valence-corrected chi connectivity index (χ0v) is 13.1. The number of carbonyl (C=O) groups is 2. The number of hydrogen-bond donors (Lipinski definition) is 3. The third-order valence-corrected chi connectivity index (χ3v) is 4.40. The molecule has 1 saturated heterocycles. The molecule has 1 atom stereocenters. The Labute approximate surface area is 129 Å². The third kappa shape index (κ3) is 5.06. The van der Waals surface area contributed by atoms with Gasteiger partial charge in [0, 0.05) is 43.1 Å². The van der Waals surface area contributed by atoms with Gasteiger partial charge >= 0.3 is 0 Å². The van der Waals surface area contributed by atoms with Crippen molar-refractivity contribution in [3.05, 3.63) is 24.3 Å². The molecule has 1 unspecified atom stereocenters. The van der Waals surface area contributed by atoms with Crippen molar-refractivity contribution < 1.29 is 9.59 Å². The smallest absolute Gasteiger partial charge is 0.233 e. The zero-order valence-electron chi connectivity index (χ0n) is 12.3. The lowest BCUT2D eigenvalue weighted by Crippen LogP contribution is -2.49. The van der Waals surface area contributed by atoms with Crippen molar-refractivity contribution in [3.8, 4) is 0 Å². The predicted octanol–water partition coefficient (Wildman–Crippen LogP) is 1.46. The number of anilines is 1. The highest BCUT2D eigenvalue weighted by Gasteiger charge is 2.19. The van der Waals surface area contributed by atoms with E-state index >= 15 is 0 Å². The molecule has 0 aliphatic carbocycles. The largest absolute Gasteiger partial charge is 0.355 e. The summed E-state index contributed by atoms with van der Waals surface area (Å²) in [5, 5.41) is 8.76. The molecule has 0 spiro atoms. The summed E-state index contributed by atoms with van der Waals surface area (Å²) in [5.74, 6) is 0.551. The van der Waals surface area contributed by atoms with Crippen LogP contribution in [0, 0.1) is 5.92 Å². The van der Waals surface area contributed by atoms with E-state index in [9.17, 15) is 9.59 Å². The van der Waals surface area contributed by atoms with Gasteiger partial charge in [0.1, 0.15) is 0 Å². The van der Waals surface area contributed by atoms with Gasteiger partial charge in [-0.05, 0) is 31.2 Å². The highest BCUT2D eigenvalue weighted by Crippen LogP contribution is 2.24. The van der Waals surface area contributed by atoms with Crippen LogP contribution in [0.25, 0.3) is 0 Å². The molecule has 5 nitrogen and oxygen atoms in total. The topological polar surface area (TPSA) is 70.2 Å². The summed E-state index contributed by atoms with van der Waals surface area (Å²) in [6.07, 6.45) is 0. The Morgan fingerprint density at radius 2 is 2.00 bits per heavy atom. The van der Waals surface area contributed by atoms with E-state index in [2.05, 4.69) is 16.0 Å². The summed E-state index contributed by atoms with van der Waals surface area (Å²) in [4.78, 5) is 24.0. The average Bonchev–Trinajstić information content (AvgIpc) is 2.38. The maximum atomic E-state index is 12.0. The van der Waals surface area contributed by atoms with Gasteiger partial charge in [0.15, 0.2) is 0 Å². The van der Waals surface area contributed by atoms with E-state index in [1.165, 1.54) is 18.7 Å². The molecule has 1 fully saturated rings. The maximum absolute atomic E-state index is 12.0. The van der Waals surface area contributed by atoms with Crippen LogP contribution >= 0.6 is 11.8 Å². The number of rotatable bonds is 6. The molecule has 0 aromatic heterocycles. The van der Waals surface area contributed by atoms with Gasteiger partial charge in [0.2, 0.25) is 11.8 Å². The van der Waals surface area contributed by atoms with Crippen LogP contribution in [0.15, 0.2) is 29.2 Å². The van der Waals surface area contributed by atoms with E-state index in [1.807, 2.05) is 31.2 Å². The number of thioether (sulfide) groups is 1. The van der Waals surface area contributed by atoms with Crippen LogP contribution in [0.1, 0.15) is 13.8 Å². The maximum Gasteiger partial charge on any atom is 0.233 e. The molecule has 0 saturated carbocycles. The third-order valence-electron chi connectivity index (χ3n) is 3.29. The van der Waals surface area contributed by atoms with Gasteiger partial charge in [-0.2, -0.15) is 0 Å². The van der Waals surface area contributed by atoms with E-state index in [0.717, 1.165) is 30.2 Å². The summed E-state index contributed by atoms with van der Waals surface area (Å²) >= 11 is 1.52. The molecule has 114 valence electrons. The monoisotopic (exact) mass is 307 g/mol. The van der Waals surface area contributed by atoms with E-state index in [-0.39, 0.29) is 17.1 Å². The molecule has 2 rings (SSSR count). The standard InChI is InChI=1S/C15H21N3O2S/c1-10(15(20)17-9-12-7-16-8-12)21-14-5-3-13(4-6-14)18-11(2)19/h3-6,10,12,16H,7-9H2,1-2H3,(H,17,20)(H,18,19). The number of carbonyl (C=O) groups excluding carboxylic acids is 2. The Bertz CT molecular complexity index is 500. The second-order valence-corrected chi connectivity index (χ2v) is 6.65. The van der Waals surface area contributed by atoms with E-state index in [4.69, 9.17) is 0 Å². The zero-order chi connectivity index (χ0) is 15.2. The average molecular weight is 307 g/mol. The summed E-state index contributed by atoms with van der Waals surface area (Å²) in [7, 11) is 0. The molecule has 1 aromatic rings. The lowest BCUT2D eigenvalue weighted by atomic mass is 10.0. The van der Waals surface area contributed by atoms with Gasteiger partial charge in [-0.3, -0.25) is 9.59 Å². The Morgan fingerprint density at radius 3 is 2.52 bits per heavy atom. The van der Waals surface area contributed by atoms with Crippen LogP contribution in [0.3, 0.4) is 0 Å². The van der Waals surface area contributed by atoms with Crippen LogP contribution in [0.5, 0.6) is 0 Å². The minimum Gasteiger partial charge on any atom is -0.355 e. The summed E-state index contributed by atoms with van der Waals surface area (Å²) in [6, 6.07) is 7.51. The lowest BCUT2D eigenvalue weighted by Gasteiger charge is -2.27. The Hall–Kier alpha value is -1.53. The molecule has 1 aliphatic rings. The first kappa shape index (κ1) is 15.9. The minimum atomic E-state index is -0.135. The highest BCUT2D eigenvalue weighted by atomic mass is 32.2. The van der Waals surface area contributed by atoms with Crippen molar-refractivity contribution in [2.24, 2.45) is 5.92 Å². The number of amides is 2. The Balaban J connectivity index is 1.79. The number of nitrogens with one attached hydrogen (secondary N) is 3. The fraction of sp³-hybridized carbons (Fsp3) is 0.467. The SMILES string of the molecule is CC(=O)Nc1ccc(SC(C)C(=O)NCC2CNC2)cc1. The van der Waals surface area contributed by atoms with Crippen molar-refractivity contribution >= 4 is 29.3 Å². The molecule has 0 bridgehead atoms. The second kappa shape index (κ2) is 7.47. The van der Waals surface area contributed by atoms with Crippen LogP contribution in [0.2, 0.25) is 0 Å². The first-order valence-corrected chi connectivity index (χ1v) is 7.95. The van der Waals surface area contributed by atoms with Crippen molar-refractivity contribution in [2.75, 3.05) is 25.0 Å². The van der Waals surface area contributed by atoms with Crippen molar-refractivity contribution in [1.82, 2.24) is 10.6 Å². The van der Waals surface area contributed by atoms with Gasteiger partial charge in [0.25, 0.3) is 0 Å². The summed E-state index contributed by atoms with van der Waals surface area (Å²) in [6.45, 7) is 6.12. The van der Waals surface area contributed by atoms with Crippen molar-refractivity contribution in [1.29, 1.82) is 0 Å². The van der Waals surface area contributed by atoms with Gasteiger partial charge in [-0.15, -0.1) is 11.8 Å². The number of hydrogen-bond acceptors (Lipinski definition) is 4. The summed E-state index contributed by atoms with van der Waals surface area (Å²) < 4.78 is 0. The molecule has 0 radical (unpaired) electrons. The lowest BCUT2D eigenvalue weighted by molar-refractivity contribution is -0.120. The number of benzene rings is 1. The van der Waals surface area contributed by atoms with Gasteiger partial charge in [-0.1, -0.05) is 0 Å². The van der Waals surface area contributed by atoms with Gasteiger partial charge < -0.3 is 16.0 Å². The Morgan fingerprint density at radius 1 is 1.33 bits per heavy atom. The summed E-state index contributed by atoms with van der Waals surface area (Å²) in [5.41, 5.74) is 0.765. The fourth-order valence-corrected chi connectivity index (χ4v) is 2.85. The van der Waals surface area contributed by atoms with Gasteiger partial charge in [-0.25, -0.2) is 0 Å². The first-order chi connectivity index (χ1) is 10.0. The molecule has 6 heteroatoms. The van der Waals surface area contributed by atoms with Crippen LogP contribution in [-0.2, 0) is 9.59 Å². The Kier molecular flexibility index (Phi) is 5.64. The van der Waals surface area contributed by atoms with Crippen LogP contribution in [-0.4, -0.2) is 36.7 Å². The molecule has 3 N–H and O–H groups in total. The minimum absolute atomic E-state index is 0.0674. The van der Waals surface area contributed by atoms with Gasteiger partial charge in [0.05, 0.1) is 5.25 Å². The predicted molar refractivity (Wildman–Crippen MR) is 85.4 cm³/mol. The van der Waals surface area contributed by atoms with E-state index in [0.29, 0.717) is 5.92 Å². The molecule has 1 heterocycles. The molecule has 1 aromatic carbocycles. The van der Waals surface area contributed by atoms with Crippen LogP contribution < -0.4 is 16.0 Å². The second-order valence-electron chi connectivity index (χ2n) is 5.24.